The van der Waals surface area contributed by atoms with Gasteiger partial charge in [-0.2, -0.15) is 0 Å². The molecule has 0 saturated carbocycles. The van der Waals surface area contributed by atoms with Crippen molar-refractivity contribution in [3.63, 3.8) is 0 Å². The van der Waals surface area contributed by atoms with Crippen LogP contribution in [-0.2, 0) is 0 Å². The molecule has 0 aromatic rings. The van der Waals surface area contributed by atoms with Gasteiger partial charge in [-0.25, -0.2) is 0 Å². The van der Waals surface area contributed by atoms with E-state index in [-0.39, 0.29) is 17.6 Å². The predicted molar refractivity (Wildman–Crippen MR) is 99.1 cm³/mol. The molecular weight excluding hydrogens is 692 g/mol. The Bertz CT molecular complexity index is 61.5. The zero-order valence-electron chi connectivity index (χ0n) is 14.5. The van der Waals surface area contributed by atoms with E-state index in [0.29, 0.717) is 0 Å². The summed E-state index contributed by atoms with van der Waals surface area (Å²) in [6.07, 6.45) is 0. The summed E-state index contributed by atoms with van der Waals surface area (Å²) in [4.78, 5) is 28.4. The molecular formula is C12H36GeSn4. The molecule has 0 aromatic carbocycles. The van der Waals surface area contributed by atoms with Crippen LogP contribution in [0.2, 0.25) is 59.3 Å². The second-order valence-electron chi connectivity index (χ2n) is 6.00. The molecule has 0 aliphatic carbocycles. The van der Waals surface area contributed by atoms with Crippen LogP contribution < -0.4 is 0 Å². The smallest absolute Gasteiger partial charge is 0 e. The first-order valence-electron chi connectivity index (χ1n) is 6.00. The fourth-order valence-corrected chi connectivity index (χ4v) is 0. The third kappa shape index (κ3) is 445. The molecule has 0 aliphatic heterocycles. The number of hydrogen-bond donors (Lipinski definition) is 0. The fourth-order valence-electron chi connectivity index (χ4n) is 0. The van der Waals surface area contributed by atoms with Crippen molar-refractivity contribution in [1.29, 1.82) is 0 Å². The van der Waals surface area contributed by atoms with Gasteiger partial charge in [0.05, 0.1) is 0 Å². The van der Waals surface area contributed by atoms with Crippen molar-refractivity contribution >= 4 is 96.6 Å². The molecule has 17 heavy (non-hydrogen) atoms. The van der Waals surface area contributed by atoms with Gasteiger partial charge in [-0.1, -0.05) is 0 Å². The van der Waals surface area contributed by atoms with Crippen LogP contribution in [0.1, 0.15) is 0 Å². The third-order valence-electron chi connectivity index (χ3n) is 0. The zero-order chi connectivity index (χ0) is 14.3. The van der Waals surface area contributed by atoms with E-state index in [1.165, 1.54) is 0 Å². The Morgan fingerprint density at radius 3 is 0.294 bits per heavy atom. The van der Waals surface area contributed by atoms with Gasteiger partial charge in [0.25, 0.3) is 0 Å². The van der Waals surface area contributed by atoms with E-state index in [9.17, 15) is 0 Å². The molecule has 0 aromatic heterocycles. The quantitative estimate of drug-likeness (QED) is 0.305. The minimum absolute atomic E-state index is 0. The first-order valence-corrected chi connectivity index (χ1v) is 40.2. The molecule has 0 aliphatic rings. The maximum atomic E-state index is 2.36. The SMILES string of the molecule is [CH3][Sn]([CH3])[CH3].[CH3][Sn]([CH3])[CH3].[CH3][Sn]([CH3])[CH3].[CH3][Sn]([CH3])[CH3].[Ge]. The summed E-state index contributed by atoms with van der Waals surface area (Å²) >= 11 is -2.17. The summed E-state index contributed by atoms with van der Waals surface area (Å²) < 4.78 is 0. The van der Waals surface area contributed by atoms with E-state index in [1.54, 1.807) is 0 Å². The molecule has 0 nitrogen and oxygen atoms in total. The van der Waals surface area contributed by atoms with Gasteiger partial charge in [-0.15, -0.1) is 0 Å². The summed E-state index contributed by atoms with van der Waals surface area (Å²) in [6.45, 7) is 0. The summed E-state index contributed by atoms with van der Waals surface area (Å²) in [5.41, 5.74) is 0. The third-order valence-corrected chi connectivity index (χ3v) is 0. The minimum Gasteiger partial charge on any atom is 0 e. The van der Waals surface area contributed by atoms with Gasteiger partial charge in [-0.3, -0.25) is 0 Å². The van der Waals surface area contributed by atoms with Crippen LogP contribution in [0.25, 0.3) is 0 Å². The molecule has 104 valence electrons. The predicted octanol–water partition coefficient (Wildman–Crippen LogP) is 5.10. The Labute approximate surface area is 153 Å². The topological polar surface area (TPSA) is 0 Å². The Morgan fingerprint density at radius 1 is 0.294 bits per heavy atom. The molecule has 0 saturated heterocycles. The van der Waals surface area contributed by atoms with Gasteiger partial charge < -0.3 is 0 Å². The Kier molecular flexibility index (Phi) is 53.7. The maximum absolute atomic E-state index is 2.36. The Hall–Kier alpha value is 3.74. The van der Waals surface area contributed by atoms with Crippen LogP contribution in [0.15, 0.2) is 0 Å². The van der Waals surface area contributed by atoms with Crippen molar-refractivity contribution in [3.8, 4) is 0 Å². The van der Waals surface area contributed by atoms with E-state index >= 15 is 0 Å². The zero-order valence-corrected chi connectivity index (χ0v) is 28.0. The van der Waals surface area contributed by atoms with Gasteiger partial charge in [0.1, 0.15) is 0 Å². The molecule has 0 rings (SSSR count). The molecule has 0 fully saturated rings. The summed E-state index contributed by atoms with van der Waals surface area (Å²) in [5.74, 6) is 0. The molecule has 0 heterocycles. The van der Waals surface area contributed by atoms with E-state index in [2.05, 4.69) is 59.3 Å². The maximum Gasteiger partial charge on any atom is 0 e. The van der Waals surface area contributed by atoms with Crippen LogP contribution in [0.5, 0.6) is 0 Å². The van der Waals surface area contributed by atoms with Gasteiger partial charge >= 0.3 is 138 Å². The monoisotopic (exact) mass is 734 g/mol. The van der Waals surface area contributed by atoms with Crippen LogP contribution in [0, 0.1) is 0 Å². The largest absolute Gasteiger partial charge is 0 e. The molecule has 0 amide bonds. The van der Waals surface area contributed by atoms with Crippen molar-refractivity contribution in [2.24, 2.45) is 0 Å². The van der Waals surface area contributed by atoms with Crippen LogP contribution in [0.3, 0.4) is 0 Å². The Morgan fingerprint density at radius 2 is 0.294 bits per heavy atom. The Balaban J connectivity index is -0.0000000369. The first-order chi connectivity index (χ1) is 6.93. The fraction of sp³-hybridized carbons (Fsp3) is 1.00. The number of rotatable bonds is 0. The first kappa shape index (κ1) is 32.6. The van der Waals surface area contributed by atoms with E-state index in [1.807, 2.05) is 0 Å². The van der Waals surface area contributed by atoms with Gasteiger partial charge in [0.2, 0.25) is 0 Å². The van der Waals surface area contributed by atoms with Crippen LogP contribution in [0.4, 0.5) is 0 Å². The summed E-state index contributed by atoms with van der Waals surface area (Å²) in [7, 11) is 0. The molecule has 0 atom stereocenters. The molecule has 5 heteroatoms. The van der Waals surface area contributed by atoms with Crippen molar-refractivity contribution in [1.82, 2.24) is 0 Å². The minimum atomic E-state index is -0.543. The molecule has 0 bridgehead atoms. The number of hydrogen-bond acceptors (Lipinski definition) is 0. The normalized spacial score (nSPS) is 8.47. The van der Waals surface area contributed by atoms with Crippen molar-refractivity contribution in [2.45, 2.75) is 59.3 Å². The molecule has 0 unspecified atom stereocenters. The standard InChI is InChI=1S/12CH3.Ge.4Sn/h12*1H3;;;;;. The molecule has 8 radical (unpaired) electrons. The van der Waals surface area contributed by atoms with Crippen LogP contribution in [-0.4, -0.2) is 96.6 Å². The van der Waals surface area contributed by atoms with Crippen LogP contribution >= 0.6 is 0 Å². The molecule has 0 N–H and O–H groups in total. The van der Waals surface area contributed by atoms with Crippen molar-refractivity contribution in [3.05, 3.63) is 0 Å². The van der Waals surface area contributed by atoms with Crippen molar-refractivity contribution < 1.29 is 0 Å². The molecule has 0 spiro atoms. The average molecular weight is 728 g/mol. The second-order valence-corrected chi connectivity index (χ2v) is 40.2. The van der Waals surface area contributed by atoms with Crippen molar-refractivity contribution in [2.75, 3.05) is 0 Å². The van der Waals surface area contributed by atoms with E-state index < -0.39 is 79.0 Å². The van der Waals surface area contributed by atoms with Gasteiger partial charge in [0.15, 0.2) is 0 Å². The second kappa shape index (κ2) is 28.0. The van der Waals surface area contributed by atoms with E-state index in [0.717, 1.165) is 0 Å². The van der Waals surface area contributed by atoms with Gasteiger partial charge in [0, 0.05) is 17.6 Å². The average Bonchev–Trinajstić information content (AvgIpc) is 1.76. The summed E-state index contributed by atoms with van der Waals surface area (Å²) in [5, 5.41) is 0. The van der Waals surface area contributed by atoms with Gasteiger partial charge in [-0.05, 0) is 0 Å². The summed E-state index contributed by atoms with van der Waals surface area (Å²) in [6, 6.07) is 0. The van der Waals surface area contributed by atoms with E-state index in [4.69, 9.17) is 0 Å².